The largest absolute Gasteiger partial charge is 0.316 e. The lowest BCUT2D eigenvalue weighted by molar-refractivity contribution is 0.203. The van der Waals surface area contributed by atoms with Crippen LogP contribution < -0.4 is 5.32 Å². The number of rotatable bonds is 4. The second kappa shape index (κ2) is 5.83. The van der Waals surface area contributed by atoms with Crippen molar-refractivity contribution in [2.45, 2.75) is 63.7 Å². The van der Waals surface area contributed by atoms with Gasteiger partial charge in [0.2, 0.25) is 0 Å². The molecule has 2 atom stereocenters. The van der Waals surface area contributed by atoms with Gasteiger partial charge >= 0.3 is 0 Å². The van der Waals surface area contributed by atoms with Crippen LogP contribution in [0, 0.1) is 6.92 Å². The number of aromatic amines is 1. The second-order valence-electron chi connectivity index (χ2n) is 5.63. The van der Waals surface area contributed by atoms with Crippen LogP contribution in [-0.2, 0) is 16.6 Å². The molecule has 6 nitrogen and oxygen atoms in total. The summed E-state index contributed by atoms with van der Waals surface area (Å²) in [5.41, 5.74) is 1.53. The normalized spacial score (nSPS) is 25.0. The first-order valence-corrected chi connectivity index (χ1v) is 8.55. The molecule has 7 heteroatoms. The summed E-state index contributed by atoms with van der Waals surface area (Å²) in [7, 11) is -1.74. The Hall–Kier alpha value is -0.920. The van der Waals surface area contributed by atoms with E-state index in [1.807, 2.05) is 20.8 Å². The number of aromatic nitrogens is 2. The predicted molar refractivity (Wildman–Crippen MR) is 77.9 cm³/mol. The van der Waals surface area contributed by atoms with Crippen molar-refractivity contribution in [2.24, 2.45) is 0 Å². The van der Waals surface area contributed by atoms with Gasteiger partial charge in [-0.2, -0.15) is 9.40 Å². The zero-order chi connectivity index (χ0) is 14.9. The Labute approximate surface area is 121 Å². The van der Waals surface area contributed by atoms with Crippen LogP contribution in [0.4, 0.5) is 0 Å². The zero-order valence-corrected chi connectivity index (χ0v) is 13.4. The fraction of sp³-hybridized carbons (Fsp3) is 0.769. The van der Waals surface area contributed by atoms with Gasteiger partial charge in [0.15, 0.2) is 5.03 Å². The fourth-order valence-corrected chi connectivity index (χ4v) is 5.06. The highest BCUT2D eigenvalue weighted by Crippen LogP contribution is 2.30. The lowest BCUT2D eigenvalue weighted by Gasteiger charge is -2.37. The van der Waals surface area contributed by atoms with Crippen LogP contribution in [-0.4, -0.2) is 42.1 Å². The third kappa shape index (κ3) is 2.62. The van der Waals surface area contributed by atoms with Gasteiger partial charge < -0.3 is 5.32 Å². The van der Waals surface area contributed by atoms with Crippen molar-refractivity contribution in [3.8, 4) is 0 Å². The van der Waals surface area contributed by atoms with Gasteiger partial charge in [0.1, 0.15) is 0 Å². The van der Waals surface area contributed by atoms with Gasteiger partial charge in [0, 0.05) is 29.9 Å². The van der Waals surface area contributed by atoms with Crippen LogP contribution in [0.3, 0.4) is 0 Å². The van der Waals surface area contributed by atoms with E-state index in [1.165, 1.54) is 0 Å². The zero-order valence-electron chi connectivity index (χ0n) is 12.6. The molecular weight excluding hydrogens is 276 g/mol. The maximum Gasteiger partial charge on any atom is 0.263 e. The highest BCUT2D eigenvalue weighted by Gasteiger charge is 2.38. The lowest BCUT2D eigenvalue weighted by Crippen LogP contribution is -2.47. The van der Waals surface area contributed by atoms with E-state index in [9.17, 15) is 8.42 Å². The number of hydrogen-bond donors (Lipinski definition) is 2. The quantitative estimate of drug-likeness (QED) is 0.881. The van der Waals surface area contributed by atoms with E-state index >= 15 is 0 Å². The van der Waals surface area contributed by atoms with Gasteiger partial charge in [-0.05, 0) is 40.7 Å². The Balaban J connectivity index is 2.44. The lowest BCUT2D eigenvalue weighted by atomic mass is 10.0. The minimum absolute atomic E-state index is 0.0307. The first-order chi connectivity index (χ1) is 9.39. The van der Waals surface area contributed by atoms with Crippen LogP contribution in [0.5, 0.6) is 0 Å². The van der Waals surface area contributed by atoms with Crippen LogP contribution in [0.15, 0.2) is 5.03 Å². The standard InChI is InChI=1S/C13H24N4O2S/c1-9-6-5-7-10(2)17(9)20(18,19)13-12(8-14-4)11(3)15-16-13/h9-10,14H,5-8H2,1-4H3,(H,15,16). The summed E-state index contributed by atoms with van der Waals surface area (Å²) in [5.74, 6) is 0. The third-order valence-electron chi connectivity index (χ3n) is 4.02. The Bertz CT molecular complexity index is 557. The van der Waals surface area contributed by atoms with E-state index < -0.39 is 10.0 Å². The first-order valence-electron chi connectivity index (χ1n) is 7.11. The van der Waals surface area contributed by atoms with Crippen LogP contribution >= 0.6 is 0 Å². The predicted octanol–water partition coefficient (Wildman–Crippen LogP) is 1.39. The SMILES string of the molecule is CNCc1c(S(=O)(=O)N2C(C)CCCC2C)n[nH]c1C. The van der Waals surface area contributed by atoms with Crippen molar-refractivity contribution in [1.29, 1.82) is 0 Å². The number of nitrogens with zero attached hydrogens (tertiary/aromatic N) is 2. The Morgan fingerprint density at radius 3 is 2.50 bits per heavy atom. The van der Waals surface area contributed by atoms with Gasteiger partial charge in [-0.3, -0.25) is 5.10 Å². The first kappa shape index (κ1) is 15.5. The van der Waals surface area contributed by atoms with E-state index in [-0.39, 0.29) is 17.1 Å². The number of nitrogens with one attached hydrogen (secondary N) is 2. The number of sulfonamides is 1. The molecule has 1 aromatic heterocycles. The molecule has 0 radical (unpaired) electrons. The van der Waals surface area contributed by atoms with Crippen molar-refractivity contribution in [1.82, 2.24) is 19.8 Å². The van der Waals surface area contributed by atoms with Crippen LogP contribution in [0.2, 0.25) is 0 Å². The molecule has 2 unspecified atom stereocenters. The van der Waals surface area contributed by atoms with Crippen LogP contribution in [0.1, 0.15) is 44.4 Å². The molecule has 0 amide bonds. The van der Waals surface area contributed by atoms with Gasteiger partial charge in [-0.1, -0.05) is 6.42 Å². The molecule has 2 rings (SSSR count). The average molecular weight is 300 g/mol. The smallest absolute Gasteiger partial charge is 0.263 e. The Kier molecular flexibility index (Phi) is 4.51. The molecule has 1 aliphatic heterocycles. The molecule has 0 aromatic carbocycles. The summed E-state index contributed by atoms with van der Waals surface area (Å²) in [6, 6.07) is 0.0615. The number of H-pyrrole nitrogens is 1. The molecule has 0 saturated carbocycles. The van der Waals surface area contributed by atoms with E-state index in [0.717, 1.165) is 30.5 Å². The highest BCUT2D eigenvalue weighted by molar-refractivity contribution is 7.89. The van der Waals surface area contributed by atoms with Crippen LogP contribution in [0.25, 0.3) is 0 Å². The molecular formula is C13H24N4O2S. The number of piperidine rings is 1. The molecule has 114 valence electrons. The van der Waals surface area contributed by atoms with Gasteiger partial charge in [0.25, 0.3) is 10.0 Å². The summed E-state index contributed by atoms with van der Waals surface area (Å²) in [5, 5.41) is 10.0. The summed E-state index contributed by atoms with van der Waals surface area (Å²) >= 11 is 0. The molecule has 0 aliphatic carbocycles. The molecule has 1 aliphatic rings. The van der Waals surface area contributed by atoms with E-state index in [0.29, 0.717) is 6.54 Å². The molecule has 2 heterocycles. The van der Waals surface area contributed by atoms with E-state index in [2.05, 4.69) is 15.5 Å². The third-order valence-corrected chi connectivity index (χ3v) is 6.13. The summed E-state index contributed by atoms with van der Waals surface area (Å²) < 4.78 is 27.5. The number of aryl methyl sites for hydroxylation is 1. The van der Waals surface area contributed by atoms with Crippen molar-refractivity contribution < 1.29 is 8.42 Å². The molecule has 1 aromatic rings. The van der Waals surface area contributed by atoms with E-state index in [1.54, 1.807) is 11.4 Å². The van der Waals surface area contributed by atoms with Crippen molar-refractivity contribution >= 4 is 10.0 Å². The average Bonchev–Trinajstić information content (AvgIpc) is 2.72. The molecule has 0 bridgehead atoms. The summed E-state index contributed by atoms with van der Waals surface area (Å²) in [6.07, 6.45) is 2.90. The molecule has 0 spiro atoms. The molecule has 20 heavy (non-hydrogen) atoms. The fourth-order valence-electron chi connectivity index (χ4n) is 3.00. The second-order valence-corrected chi connectivity index (χ2v) is 7.39. The van der Waals surface area contributed by atoms with Gasteiger partial charge in [-0.25, -0.2) is 8.42 Å². The summed E-state index contributed by atoms with van der Waals surface area (Å²) in [6.45, 7) is 6.30. The van der Waals surface area contributed by atoms with E-state index in [4.69, 9.17) is 0 Å². The molecule has 2 N–H and O–H groups in total. The minimum atomic E-state index is -3.54. The summed E-state index contributed by atoms with van der Waals surface area (Å²) in [4.78, 5) is 0. The van der Waals surface area contributed by atoms with Crippen molar-refractivity contribution in [3.63, 3.8) is 0 Å². The molecule has 1 saturated heterocycles. The Morgan fingerprint density at radius 1 is 1.35 bits per heavy atom. The maximum atomic E-state index is 12.9. The number of hydrogen-bond acceptors (Lipinski definition) is 4. The topological polar surface area (TPSA) is 78.1 Å². The maximum absolute atomic E-state index is 12.9. The molecule has 1 fully saturated rings. The van der Waals surface area contributed by atoms with Crippen molar-refractivity contribution in [2.75, 3.05) is 7.05 Å². The Morgan fingerprint density at radius 2 is 1.95 bits per heavy atom. The monoisotopic (exact) mass is 300 g/mol. The van der Waals surface area contributed by atoms with Gasteiger partial charge in [-0.15, -0.1) is 0 Å². The highest BCUT2D eigenvalue weighted by atomic mass is 32.2. The van der Waals surface area contributed by atoms with Gasteiger partial charge in [0.05, 0.1) is 0 Å². The van der Waals surface area contributed by atoms with Crippen molar-refractivity contribution in [3.05, 3.63) is 11.3 Å². The minimum Gasteiger partial charge on any atom is -0.316 e.